The number of carbonyl (C=O) groups excluding carboxylic acids is 1. The molecule has 0 saturated carbocycles. The van der Waals surface area contributed by atoms with Crippen molar-refractivity contribution in [2.45, 2.75) is 10.6 Å². The van der Waals surface area contributed by atoms with Gasteiger partial charge in [0.15, 0.2) is 0 Å². The van der Waals surface area contributed by atoms with E-state index in [4.69, 9.17) is 11.5 Å². The minimum Gasteiger partial charge on any atom is -0.397 e. The number of thioether (sulfide) groups is 1. The van der Waals surface area contributed by atoms with Gasteiger partial charge in [0, 0.05) is 10.6 Å². The summed E-state index contributed by atoms with van der Waals surface area (Å²) in [6.45, 7) is 0. The molecule has 4 N–H and O–H groups in total. The fourth-order valence-electron chi connectivity index (χ4n) is 1.62. The Morgan fingerprint density at radius 1 is 1.06 bits per heavy atom. The van der Waals surface area contributed by atoms with Gasteiger partial charge in [-0.15, -0.1) is 11.8 Å². The average Bonchev–Trinajstić information content (AvgIpc) is 2.38. The quantitative estimate of drug-likeness (QED) is 0.654. The molecule has 0 aliphatic heterocycles. The summed E-state index contributed by atoms with van der Waals surface area (Å²) < 4.78 is 0. The molecule has 2 aromatic carbocycles. The Morgan fingerprint density at radius 2 is 1.78 bits per heavy atom. The number of amides is 1. The molecule has 0 fully saturated rings. The molecule has 3 nitrogen and oxygen atoms in total. The van der Waals surface area contributed by atoms with Gasteiger partial charge < -0.3 is 11.5 Å². The number of nitrogens with two attached hydrogens (primary N) is 2. The van der Waals surface area contributed by atoms with Crippen molar-refractivity contribution in [2.75, 3.05) is 5.73 Å². The fourth-order valence-corrected chi connectivity index (χ4v) is 2.57. The first-order valence-electron chi connectivity index (χ1n) is 5.53. The first kappa shape index (κ1) is 12.5. The predicted octanol–water partition coefficient (Wildman–Crippen LogP) is 2.66. The van der Waals surface area contributed by atoms with Crippen LogP contribution < -0.4 is 11.5 Å². The highest BCUT2D eigenvalue weighted by molar-refractivity contribution is 7.98. The molecule has 0 unspecified atom stereocenters. The maximum Gasteiger partial charge on any atom is 0.250 e. The number of nitrogen functional groups attached to an aromatic ring is 1. The van der Waals surface area contributed by atoms with Gasteiger partial charge in [0.05, 0.1) is 11.3 Å². The second-order valence-corrected chi connectivity index (χ2v) is 4.87. The zero-order valence-electron chi connectivity index (χ0n) is 9.80. The van der Waals surface area contributed by atoms with Crippen LogP contribution in [-0.4, -0.2) is 5.91 Å². The Bertz CT molecular complexity index is 555. The van der Waals surface area contributed by atoms with Gasteiger partial charge in [0.1, 0.15) is 0 Å². The van der Waals surface area contributed by atoms with Crippen LogP contribution in [0.25, 0.3) is 0 Å². The molecule has 1 amide bonds. The van der Waals surface area contributed by atoms with Crippen LogP contribution in [0, 0.1) is 0 Å². The second kappa shape index (κ2) is 5.60. The smallest absolute Gasteiger partial charge is 0.250 e. The third kappa shape index (κ3) is 2.84. The zero-order chi connectivity index (χ0) is 13.0. The van der Waals surface area contributed by atoms with Crippen LogP contribution in [0.15, 0.2) is 53.4 Å². The van der Waals surface area contributed by atoms with Crippen molar-refractivity contribution in [3.05, 3.63) is 59.7 Å². The minimum absolute atomic E-state index is 0.382. The van der Waals surface area contributed by atoms with Crippen LogP contribution in [0.1, 0.15) is 15.9 Å². The molecule has 0 aliphatic carbocycles. The highest BCUT2D eigenvalue weighted by Crippen LogP contribution is 2.30. The summed E-state index contributed by atoms with van der Waals surface area (Å²) in [4.78, 5) is 12.1. The number of benzene rings is 2. The van der Waals surface area contributed by atoms with Crippen LogP contribution >= 0.6 is 11.8 Å². The van der Waals surface area contributed by atoms with E-state index in [0.29, 0.717) is 11.3 Å². The van der Waals surface area contributed by atoms with Gasteiger partial charge >= 0.3 is 0 Å². The lowest BCUT2D eigenvalue weighted by Gasteiger charge is -2.08. The first-order valence-corrected chi connectivity index (χ1v) is 6.52. The van der Waals surface area contributed by atoms with Crippen molar-refractivity contribution in [3.8, 4) is 0 Å². The molecule has 92 valence electrons. The number of hydrogen-bond acceptors (Lipinski definition) is 3. The Kier molecular flexibility index (Phi) is 3.89. The molecule has 0 spiro atoms. The molecule has 0 heterocycles. The van der Waals surface area contributed by atoms with Gasteiger partial charge in [-0.2, -0.15) is 0 Å². The number of hydrogen-bond donors (Lipinski definition) is 2. The second-order valence-electron chi connectivity index (χ2n) is 3.86. The van der Waals surface area contributed by atoms with E-state index in [9.17, 15) is 4.79 Å². The third-order valence-corrected chi connectivity index (χ3v) is 3.71. The summed E-state index contributed by atoms with van der Waals surface area (Å²) in [5.74, 6) is 0.322. The Balaban J connectivity index is 2.15. The number of carbonyl (C=O) groups is 1. The molecular weight excluding hydrogens is 244 g/mol. The average molecular weight is 258 g/mol. The molecule has 18 heavy (non-hydrogen) atoms. The van der Waals surface area contributed by atoms with E-state index in [1.54, 1.807) is 23.9 Å². The normalized spacial score (nSPS) is 10.2. The highest BCUT2D eigenvalue weighted by Gasteiger charge is 2.09. The Morgan fingerprint density at radius 3 is 2.44 bits per heavy atom. The van der Waals surface area contributed by atoms with Gasteiger partial charge in [0.2, 0.25) is 0 Å². The van der Waals surface area contributed by atoms with Gasteiger partial charge in [-0.1, -0.05) is 36.4 Å². The topological polar surface area (TPSA) is 69.1 Å². The minimum atomic E-state index is -0.491. The third-order valence-electron chi connectivity index (χ3n) is 2.57. The van der Waals surface area contributed by atoms with Crippen molar-refractivity contribution in [1.82, 2.24) is 0 Å². The van der Waals surface area contributed by atoms with E-state index in [1.165, 1.54) is 5.56 Å². The number of rotatable bonds is 4. The fraction of sp³-hybridized carbons (Fsp3) is 0.0714. The largest absolute Gasteiger partial charge is 0.397 e. The molecule has 0 atom stereocenters. The summed E-state index contributed by atoms with van der Waals surface area (Å²) in [6, 6.07) is 15.4. The Hall–Kier alpha value is -1.94. The van der Waals surface area contributed by atoms with E-state index < -0.39 is 5.91 Å². The van der Waals surface area contributed by atoms with Gasteiger partial charge in [-0.3, -0.25) is 4.79 Å². The maximum atomic E-state index is 11.2. The van der Waals surface area contributed by atoms with Crippen LogP contribution in [0.5, 0.6) is 0 Å². The van der Waals surface area contributed by atoms with Crippen molar-refractivity contribution in [1.29, 1.82) is 0 Å². The van der Waals surface area contributed by atoms with Crippen LogP contribution in [-0.2, 0) is 5.75 Å². The zero-order valence-corrected chi connectivity index (χ0v) is 10.6. The molecule has 0 radical (unpaired) electrons. The predicted molar refractivity (Wildman–Crippen MR) is 75.4 cm³/mol. The van der Waals surface area contributed by atoms with Crippen molar-refractivity contribution in [2.24, 2.45) is 5.73 Å². The van der Waals surface area contributed by atoms with E-state index in [-0.39, 0.29) is 0 Å². The number of anilines is 1. The van der Waals surface area contributed by atoms with E-state index >= 15 is 0 Å². The lowest BCUT2D eigenvalue weighted by Crippen LogP contribution is -2.13. The Labute approximate surface area is 110 Å². The summed E-state index contributed by atoms with van der Waals surface area (Å²) in [6.07, 6.45) is 0. The number of para-hydroxylation sites is 1. The lowest BCUT2D eigenvalue weighted by molar-refractivity contribution is 0.100. The summed E-state index contributed by atoms with van der Waals surface area (Å²) in [7, 11) is 0. The van der Waals surface area contributed by atoms with Crippen LogP contribution in [0.2, 0.25) is 0 Å². The van der Waals surface area contributed by atoms with Gasteiger partial charge in [-0.05, 0) is 17.7 Å². The molecule has 4 heteroatoms. The summed E-state index contributed by atoms with van der Waals surface area (Å²) in [5, 5.41) is 0. The SMILES string of the molecule is NC(=O)c1cccc(SCc2ccccc2)c1N. The first-order chi connectivity index (χ1) is 8.68. The lowest BCUT2D eigenvalue weighted by atomic mass is 10.2. The molecule has 0 aromatic heterocycles. The molecule has 0 saturated heterocycles. The van der Waals surface area contributed by atoms with Gasteiger partial charge in [-0.25, -0.2) is 0 Å². The van der Waals surface area contributed by atoms with Crippen LogP contribution in [0.4, 0.5) is 5.69 Å². The number of primary amides is 1. The van der Waals surface area contributed by atoms with Crippen molar-refractivity contribution in [3.63, 3.8) is 0 Å². The van der Waals surface area contributed by atoms with Crippen LogP contribution in [0.3, 0.4) is 0 Å². The molecule has 0 bridgehead atoms. The molecule has 2 aromatic rings. The van der Waals surface area contributed by atoms with Crippen molar-refractivity contribution >= 4 is 23.4 Å². The standard InChI is InChI=1S/C14H14N2OS/c15-13-11(14(16)17)7-4-8-12(13)18-9-10-5-2-1-3-6-10/h1-8H,9,15H2,(H2,16,17). The van der Waals surface area contributed by atoms with Crippen molar-refractivity contribution < 1.29 is 4.79 Å². The summed E-state index contributed by atoms with van der Waals surface area (Å²) in [5.41, 5.74) is 13.2. The van der Waals surface area contributed by atoms with E-state index in [1.807, 2.05) is 24.3 Å². The van der Waals surface area contributed by atoms with Gasteiger partial charge in [0.25, 0.3) is 5.91 Å². The highest BCUT2D eigenvalue weighted by atomic mass is 32.2. The molecular formula is C14H14N2OS. The molecule has 0 aliphatic rings. The van der Waals surface area contributed by atoms with E-state index in [0.717, 1.165) is 10.6 Å². The van der Waals surface area contributed by atoms with E-state index in [2.05, 4.69) is 12.1 Å². The maximum absolute atomic E-state index is 11.2. The summed E-state index contributed by atoms with van der Waals surface area (Å²) >= 11 is 1.60. The monoisotopic (exact) mass is 258 g/mol. The molecule has 2 rings (SSSR count).